The summed E-state index contributed by atoms with van der Waals surface area (Å²) in [6.07, 6.45) is 4.08. The number of likely N-dealkylation sites (N-methyl/N-ethyl adjacent to an activating group) is 1. The second-order valence-electron chi connectivity index (χ2n) is 5.56. The van der Waals surface area contributed by atoms with Gasteiger partial charge in [-0.1, -0.05) is 11.6 Å². The molecule has 4 nitrogen and oxygen atoms in total. The molecule has 0 radical (unpaired) electrons. The van der Waals surface area contributed by atoms with Crippen molar-refractivity contribution < 1.29 is 0 Å². The first-order valence-corrected chi connectivity index (χ1v) is 7.34. The van der Waals surface area contributed by atoms with Gasteiger partial charge in [-0.05, 0) is 45.1 Å². The van der Waals surface area contributed by atoms with E-state index in [9.17, 15) is 0 Å². The van der Waals surface area contributed by atoms with E-state index in [-0.39, 0.29) is 0 Å². The summed E-state index contributed by atoms with van der Waals surface area (Å²) in [6.45, 7) is 2.07. The van der Waals surface area contributed by atoms with E-state index in [2.05, 4.69) is 33.9 Å². The molecule has 0 spiro atoms. The van der Waals surface area contributed by atoms with Crippen molar-refractivity contribution >= 4 is 28.3 Å². The van der Waals surface area contributed by atoms with E-state index in [0.717, 1.165) is 29.8 Å². The number of halogens is 1. The Morgan fingerprint density at radius 3 is 2.95 bits per heavy atom. The van der Waals surface area contributed by atoms with Gasteiger partial charge in [0.1, 0.15) is 12.1 Å². The molecule has 2 heterocycles. The number of anilines is 1. The van der Waals surface area contributed by atoms with Crippen molar-refractivity contribution in [3.8, 4) is 0 Å². The normalized spacial score (nSPS) is 19.8. The topological polar surface area (TPSA) is 32.3 Å². The van der Waals surface area contributed by atoms with E-state index in [0.29, 0.717) is 11.1 Å². The fourth-order valence-electron chi connectivity index (χ4n) is 2.84. The molecule has 1 aliphatic heterocycles. The minimum atomic E-state index is 0.584. The maximum absolute atomic E-state index is 6.04. The minimum Gasteiger partial charge on any atom is -0.354 e. The van der Waals surface area contributed by atoms with Crippen LogP contribution >= 0.6 is 11.6 Å². The summed E-state index contributed by atoms with van der Waals surface area (Å²) in [6, 6.07) is 6.41. The summed E-state index contributed by atoms with van der Waals surface area (Å²) in [5.74, 6) is 1.03. The lowest BCUT2D eigenvalue weighted by Crippen LogP contribution is -2.45. The first kappa shape index (κ1) is 13.6. The van der Waals surface area contributed by atoms with Gasteiger partial charge >= 0.3 is 0 Å². The van der Waals surface area contributed by atoms with Crippen molar-refractivity contribution in [1.82, 2.24) is 14.9 Å². The minimum absolute atomic E-state index is 0.584. The van der Waals surface area contributed by atoms with Crippen LogP contribution in [-0.4, -0.2) is 48.1 Å². The molecule has 1 atom stereocenters. The second kappa shape index (κ2) is 5.54. The number of benzene rings is 1. The number of hydrogen-bond donors (Lipinski definition) is 0. The van der Waals surface area contributed by atoms with Gasteiger partial charge in [0, 0.05) is 29.5 Å². The van der Waals surface area contributed by atoms with Crippen molar-refractivity contribution in [1.29, 1.82) is 0 Å². The van der Waals surface area contributed by atoms with Crippen LogP contribution in [0, 0.1) is 0 Å². The quantitative estimate of drug-likeness (QED) is 0.851. The van der Waals surface area contributed by atoms with Gasteiger partial charge in [0.2, 0.25) is 0 Å². The third kappa shape index (κ3) is 2.58. The third-order valence-corrected chi connectivity index (χ3v) is 4.24. The van der Waals surface area contributed by atoms with Crippen LogP contribution < -0.4 is 4.90 Å². The summed E-state index contributed by atoms with van der Waals surface area (Å²) in [5.41, 5.74) is 0.912. The largest absolute Gasteiger partial charge is 0.354 e. The molecule has 0 amide bonds. The molecule has 0 saturated carbocycles. The highest BCUT2D eigenvalue weighted by Crippen LogP contribution is 2.28. The summed E-state index contributed by atoms with van der Waals surface area (Å²) in [5, 5.41) is 1.79. The van der Waals surface area contributed by atoms with E-state index in [1.807, 2.05) is 18.2 Å². The monoisotopic (exact) mass is 290 g/mol. The maximum Gasteiger partial charge on any atom is 0.139 e. The summed E-state index contributed by atoms with van der Waals surface area (Å²) in [7, 11) is 4.29. The van der Waals surface area contributed by atoms with E-state index in [4.69, 9.17) is 11.6 Å². The zero-order valence-electron chi connectivity index (χ0n) is 11.9. The second-order valence-corrected chi connectivity index (χ2v) is 6.00. The molecule has 1 unspecified atom stereocenters. The fourth-order valence-corrected chi connectivity index (χ4v) is 3.00. The van der Waals surface area contributed by atoms with E-state index in [1.165, 1.54) is 12.8 Å². The molecule has 1 aliphatic rings. The van der Waals surface area contributed by atoms with E-state index < -0.39 is 0 Å². The van der Waals surface area contributed by atoms with Gasteiger partial charge in [-0.3, -0.25) is 0 Å². The molecule has 0 N–H and O–H groups in total. The highest BCUT2D eigenvalue weighted by molar-refractivity contribution is 6.31. The number of hydrogen-bond acceptors (Lipinski definition) is 4. The van der Waals surface area contributed by atoms with Gasteiger partial charge in [0.05, 0.1) is 5.52 Å². The Hall–Kier alpha value is -1.39. The van der Waals surface area contributed by atoms with Crippen LogP contribution in [0.2, 0.25) is 5.02 Å². The number of fused-ring (bicyclic) bond motifs is 1. The van der Waals surface area contributed by atoms with Gasteiger partial charge in [-0.15, -0.1) is 0 Å². The van der Waals surface area contributed by atoms with Crippen LogP contribution in [0.4, 0.5) is 5.82 Å². The SMILES string of the molecule is CN(C)C1CCCN(c2ncnc3cc(Cl)ccc23)C1. The molecule has 1 fully saturated rings. The zero-order valence-corrected chi connectivity index (χ0v) is 12.6. The Bertz CT molecular complexity index is 614. The molecule has 0 aliphatic carbocycles. The van der Waals surface area contributed by atoms with Crippen LogP contribution in [0.5, 0.6) is 0 Å². The first-order chi connectivity index (χ1) is 9.65. The van der Waals surface area contributed by atoms with Gasteiger partial charge in [0.25, 0.3) is 0 Å². The third-order valence-electron chi connectivity index (χ3n) is 4.00. The maximum atomic E-state index is 6.04. The van der Waals surface area contributed by atoms with Crippen molar-refractivity contribution in [2.24, 2.45) is 0 Å². The van der Waals surface area contributed by atoms with Gasteiger partial charge < -0.3 is 9.80 Å². The highest BCUT2D eigenvalue weighted by Gasteiger charge is 2.23. The molecule has 3 rings (SSSR count). The Morgan fingerprint density at radius 2 is 2.15 bits per heavy atom. The Balaban J connectivity index is 1.97. The highest BCUT2D eigenvalue weighted by atomic mass is 35.5. The smallest absolute Gasteiger partial charge is 0.139 e. The van der Waals surface area contributed by atoms with E-state index >= 15 is 0 Å². The lowest BCUT2D eigenvalue weighted by molar-refractivity contribution is 0.257. The summed E-state index contributed by atoms with van der Waals surface area (Å²) < 4.78 is 0. The molecule has 1 aromatic heterocycles. The Kier molecular flexibility index (Phi) is 3.76. The zero-order chi connectivity index (χ0) is 14.1. The van der Waals surface area contributed by atoms with Crippen LogP contribution in [0.3, 0.4) is 0 Å². The average molecular weight is 291 g/mol. The predicted molar refractivity (Wildman–Crippen MR) is 83.5 cm³/mol. The summed E-state index contributed by atoms with van der Waals surface area (Å²) in [4.78, 5) is 13.5. The number of nitrogens with zero attached hydrogens (tertiary/aromatic N) is 4. The molecule has 2 aromatic rings. The van der Waals surface area contributed by atoms with Crippen molar-refractivity contribution in [2.45, 2.75) is 18.9 Å². The average Bonchev–Trinajstić information content (AvgIpc) is 2.46. The molecular formula is C15H19ClN4. The van der Waals surface area contributed by atoms with Gasteiger partial charge in [-0.2, -0.15) is 0 Å². The summed E-state index contributed by atoms with van der Waals surface area (Å²) >= 11 is 6.04. The first-order valence-electron chi connectivity index (χ1n) is 6.97. The standard InChI is InChI=1S/C15H19ClN4/c1-19(2)12-4-3-7-20(9-12)15-13-6-5-11(16)8-14(13)17-10-18-15/h5-6,8,10,12H,3-4,7,9H2,1-2H3. The molecule has 20 heavy (non-hydrogen) atoms. The number of aromatic nitrogens is 2. The molecule has 1 aromatic carbocycles. The molecule has 5 heteroatoms. The van der Waals surface area contributed by atoms with Crippen LogP contribution in [0.15, 0.2) is 24.5 Å². The molecular weight excluding hydrogens is 272 g/mol. The van der Waals surface area contributed by atoms with Crippen molar-refractivity contribution in [3.05, 3.63) is 29.5 Å². The molecule has 106 valence electrons. The lowest BCUT2D eigenvalue weighted by Gasteiger charge is -2.37. The molecule has 1 saturated heterocycles. The van der Waals surface area contributed by atoms with Gasteiger partial charge in [-0.25, -0.2) is 9.97 Å². The Morgan fingerprint density at radius 1 is 1.30 bits per heavy atom. The van der Waals surface area contributed by atoms with Gasteiger partial charge in [0.15, 0.2) is 0 Å². The van der Waals surface area contributed by atoms with Crippen molar-refractivity contribution in [2.75, 3.05) is 32.1 Å². The van der Waals surface area contributed by atoms with E-state index in [1.54, 1.807) is 6.33 Å². The van der Waals surface area contributed by atoms with Crippen LogP contribution in [0.25, 0.3) is 10.9 Å². The van der Waals surface area contributed by atoms with Crippen LogP contribution in [0.1, 0.15) is 12.8 Å². The Labute approximate surface area is 124 Å². The fraction of sp³-hybridized carbons (Fsp3) is 0.467. The van der Waals surface area contributed by atoms with Crippen LogP contribution in [-0.2, 0) is 0 Å². The predicted octanol–water partition coefficient (Wildman–Crippen LogP) is 2.81. The lowest BCUT2D eigenvalue weighted by atomic mass is 10.0. The number of piperidine rings is 1. The molecule has 0 bridgehead atoms. The number of rotatable bonds is 2. The van der Waals surface area contributed by atoms with Crippen molar-refractivity contribution in [3.63, 3.8) is 0 Å².